The highest BCUT2D eigenvalue weighted by molar-refractivity contribution is 5.63. The molecule has 0 heterocycles. The number of benzene rings is 2. The van der Waals surface area contributed by atoms with Crippen LogP contribution in [0.25, 0.3) is 11.1 Å². The summed E-state index contributed by atoms with van der Waals surface area (Å²) in [6.45, 7) is 1.35. The third kappa shape index (κ3) is 2.30. The Morgan fingerprint density at radius 3 is 1.75 bits per heavy atom. The summed E-state index contributed by atoms with van der Waals surface area (Å²) in [5.74, 6) is -1.77. The molecule has 0 saturated heterocycles. The summed E-state index contributed by atoms with van der Waals surface area (Å²) < 4.78 is 0. The molecule has 0 fully saturated rings. The molecule has 82 valence electrons. The molecule has 0 aliphatic rings. The number of aliphatic hydroxyl groups is 2. The second-order valence-electron chi connectivity index (χ2n) is 3.96. The second-order valence-corrected chi connectivity index (χ2v) is 3.96. The van der Waals surface area contributed by atoms with Gasteiger partial charge in [0.1, 0.15) is 0 Å². The van der Waals surface area contributed by atoms with E-state index in [1.54, 1.807) is 12.1 Å². The quantitative estimate of drug-likeness (QED) is 0.754. The first-order valence-corrected chi connectivity index (χ1v) is 5.18. The van der Waals surface area contributed by atoms with Crippen LogP contribution in [-0.2, 0) is 5.79 Å². The predicted octanol–water partition coefficient (Wildman–Crippen LogP) is 2.51. The number of hydrogen-bond donors (Lipinski definition) is 2. The molecule has 0 radical (unpaired) electrons. The van der Waals surface area contributed by atoms with Gasteiger partial charge in [-0.25, -0.2) is 0 Å². The average Bonchev–Trinajstić information content (AvgIpc) is 2.29. The van der Waals surface area contributed by atoms with Gasteiger partial charge in [-0.15, -0.1) is 0 Å². The second kappa shape index (κ2) is 4.08. The van der Waals surface area contributed by atoms with Crippen LogP contribution >= 0.6 is 0 Å². The lowest BCUT2D eigenvalue weighted by Gasteiger charge is -2.16. The van der Waals surface area contributed by atoms with Gasteiger partial charge in [0.2, 0.25) is 0 Å². The Balaban J connectivity index is 2.34. The van der Waals surface area contributed by atoms with Gasteiger partial charge in [-0.2, -0.15) is 0 Å². The van der Waals surface area contributed by atoms with E-state index in [4.69, 9.17) is 0 Å². The van der Waals surface area contributed by atoms with Crippen molar-refractivity contribution in [3.8, 4) is 11.1 Å². The summed E-state index contributed by atoms with van der Waals surface area (Å²) in [4.78, 5) is 0. The molecule has 2 aromatic rings. The molecule has 0 atom stereocenters. The van der Waals surface area contributed by atoms with Crippen LogP contribution in [0, 0.1) is 0 Å². The molecular weight excluding hydrogens is 200 g/mol. The Bertz CT molecular complexity index is 452. The molecule has 16 heavy (non-hydrogen) atoms. The van der Waals surface area contributed by atoms with Crippen molar-refractivity contribution in [3.05, 3.63) is 60.2 Å². The van der Waals surface area contributed by atoms with Gasteiger partial charge >= 0.3 is 0 Å². The Morgan fingerprint density at radius 1 is 0.750 bits per heavy atom. The normalized spacial score (nSPS) is 11.4. The molecule has 0 spiro atoms. The van der Waals surface area contributed by atoms with Crippen molar-refractivity contribution in [2.24, 2.45) is 0 Å². The Hall–Kier alpha value is -1.64. The monoisotopic (exact) mass is 214 g/mol. The molecular formula is C14H14O2. The van der Waals surface area contributed by atoms with E-state index >= 15 is 0 Å². The zero-order valence-electron chi connectivity index (χ0n) is 9.09. The van der Waals surface area contributed by atoms with Gasteiger partial charge < -0.3 is 10.2 Å². The Kier molecular flexibility index (Phi) is 2.77. The maximum Gasteiger partial charge on any atom is 0.186 e. The molecule has 0 amide bonds. The molecule has 2 rings (SSSR count). The summed E-state index contributed by atoms with van der Waals surface area (Å²) in [5, 5.41) is 18.8. The topological polar surface area (TPSA) is 40.5 Å². The molecule has 2 aromatic carbocycles. The van der Waals surface area contributed by atoms with Gasteiger partial charge in [0.05, 0.1) is 0 Å². The highest BCUT2D eigenvalue weighted by Crippen LogP contribution is 2.23. The van der Waals surface area contributed by atoms with Gasteiger partial charge in [-0.3, -0.25) is 0 Å². The summed E-state index contributed by atoms with van der Waals surface area (Å²) in [5.41, 5.74) is 2.67. The third-order valence-corrected chi connectivity index (χ3v) is 2.54. The van der Waals surface area contributed by atoms with Crippen molar-refractivity contribution < 1.29 is 10.2 Å². The average molecular weight is 214 g/mol. The minimum Gasteiger partial charge on any atom is -0.362 e. The lowest BCUT2D eigenvalue weighted by molar-refractivity contribution is -0.152. The van der Waals surface area contributed by atoms with Crippen molar-refractivity contribution in [1.82, 2.24) is 0 Å². The van der Waals surface area contributed by atoms with Gasteiger partial charge in [0, 0.05) is 5.56 Å². The predicted molar refractivity (Wildman–Crippen MR) is 63.7 cm³/mol. The van der Waals surface area contributed by atoms with E-state index in [9.17, 15) is 10.2 Å². The van der Waals surface area contributed by atoms with Crippen LogP contribution in [0.3, 0.4) is 0 Å². The van der Waals surface area contributed by atoms with Crippen molar-refractivity contribution in [2.45, 2.75) is 12.7 Å². The van der Waals surface area contributed by atoms with Gasteiger partial charge in [0.25, 0.3) is 0 Å². The van der Waals surface area contributed by atoms with Crippen molar-refractivity contribution in [1.29, 1.82) is 0 Å². The van der Waals surface area contributed by atoms with Crippen LogP contribution in [-0.4, -0.2) is 10.2 Å². The van der Waals surface area contributed by atoms with Crippen LogP contribution in [0.15, 0.2) is 54.6 Å². The van der Waals surface area contributed by atoms with Crippen molar-refractivity contribution in [2.75, 3.05) is 0 Å². The molecule has 0 saturated carbocycles. The van der Waals surface area contributed by atoms with E-state index in [2.05, 4.69) is 0 Å². The van der Waals surface area contributed by atoms with E-state index in [1.165, 1.54) is 6.92 Å². The van der Waals surface area contributed by atoms with Crippen LogP contribution in [0.4, 0.5) is 0 Å². The van der Waals surface area contributed by atoms with E-state index in [-0.39, 0.29) is 0 Å². The first-order valence-electron chi connectivity index (χ1n) is 5.18. The first-order chi connectivity index (χ1) is 7.57. The fourth-order valence-electron chi connectivity index (χ4n) is 1.61. The number of hydrogen-bond acceptors (Lipinski definition) is 2. The minimum absolute atomic E-state index is 0.493. The summed E-state index contributed by atoms with van der Waals surface area (Å²) in [6, 6.07) is 17.2. The van der Waals surface area contributed by atoms with Crippen molar-refractivity contribution >= 4 is 0 Å². The molecule has 0 aromatic heterocycles. The fraction of sp³-hybridized carbons (Fsp3) is 0.143. The van der Waals surface area contributed by atoms with Crippen molar-refractivity contribution in [3.63, 3.8) is 0 Å². The Labute approximate surface area is 94.8 Å². The largest absolute Gasteiger partial charge is 0.362 e. The van der Waals surface area contributed by atoms with E-state index < -0.39 is 5.79 Å². The summed E-state index contributed by atoms with van der Waals surface area (Å²) in [6.07, 6.45) is 0. The molecule has 0 aliphatic carbocycles. The standard InChI is InChI=1S/C14H14O2/c1-14(15,16)13-9-7-12(8-10-13)11-5-3-2-4-6-11/h2-10,15-16H,1H3. The first kappa shape index (κ1) is 10.9. The highest BCUT2D eigenvalue weighted by Gasteiger charge is 2.17. The molecule has 2 nitrogen and oxygen atoms in total. The summed E-state index contributed by atoms with van der Waals surface area (Å²) in [7, 11) is 0. The van der Waals surface area contributed by atoms with Crippen LogP contribution < -0.4 is 0 Å². The SMILES string of the molecule is CC(O)(O)c1ccc(-c2ccccc2)cc1. The van der Waals surface area contributed by atoms with Gasteiger partial charge in [0.15, 0.2) is 5.79 Å². The van der Waals surface area contributed by atoms with Gasteiger partial charge in [-0.1, -0.05) is 54.6 Å². The molecule has 2 N–H and O–H groups in total. The van der Waals surface area contributed by atoms with Crippen LogP contribution in [0.5, 0.6) is 0 Å². The highest BCUT2D eigenvalue weighted by atomic mass is 16.5. The molecule has 0 bridgehead atoms. The van der Waals surface area contributed by atoms with Gasteiger partial charge in [-0.05, 0) is 18.1 Å². The molecule has 0 aliphatic heterocycles. The summed E-state index contributed by atoms with van der Waals surface area (Å²) >= 11 is 0. The van der Waals surface area contributed by atoms with Crippen LogP contribution in [0.1, 0.15) is 12.5 Å². The zero-order chi connectivity index (χ0) is 11.6. The fourth-order valence-corrected chi connectivity index (χ4v) is 1.61. The van der Waals surface area contributed by atoms with Crippen LogP contribution in [0.2, 0.25) is 0 Å². The van der Waals surface area contributed by atoms with E-state index in [0.29, 0.717) is 5.56 Å². The molecule has 2 heteroatoms. The maximum atomic E-state index is 9.41. The molecule has 0 unspecified atom stereocenters. The Morgan fingerprint density at radius 2 is 1.25 bits per heavy atom. The minimum atomic E-state index is -1.77. The zero-order valence-corrected chi connectivity index (χ0v) is 9.09. The smallest absolute Gasteiger partial charge is 0.186 e. The van der Waals surface area contributed by atoms with E-state index in [1.807, 2.05) is 42.5 Å². The number of rotatable bonds is 2. The third-order valence-electron chi connectivity index (χ3n) is 2.54. The lowest BCUT2D eigenvalue weighted by Crippen LogP contribution is -2.19. The lowest BCUT2D eigenvalue weighted by atomic mass is 10.0. The van der Waals surface area contributed by atoms with E-state index in [0.717, 1.165) is 11.1 Å². The maximum absolute atomic E-state index is 9.41.